The minimum atomic E-state index is 0.793. The topological polar surface area (TPSA) is 24.9 Å². The second-order valence-electron chi connectivity index (χ2n) is 6.71. The van der Waals surface area contributed by atoms with Gasteiger partial charge in [-0.1, -0.05) is 36.4 Å². The summed E-state index contributed by atoms with van der Waals surface area (Å²) in [5.74, 6) is 1.94. The summed E-state index contributed by atoms with van der Waals surface area (Å²) < 4.78 is 11.5. The standard InChI is InChI=1S/C22H30N2O2/c1-3-9-21(10-4-1)25-19-7-13-23-15-17-24(18-16-23)14-8-20-26-22-11-5-2-6-12-22/h1-6,9-12H,7-8,13-20H2. The summed E-state index contributed by atoms with van der Waals surface area (Å²) in [7, 11) is 0. The lowest BCUT2D eigenvalue weighted by Crippen LogP contribution is -2.47. The molecular formula is C22H30N2O2. The van der Waals surface area contributed by atoms with Gasteiger partial charge in [0.1, 0.15) is 11.5 Å². The van der Waals surface area contributed by atoms with Crippen molar-refractivity contribution in [3.8, 4) is 11.5 Å². The summed E-state index contributed by atoms with van der Waals surface area (Å²) in [5.41, 5.74) is 0. The third kappa shape index (κ3) is 6.70. The molecule has 1 aliphatic heterocycles. The molecule has 1 heterocycles. The predicted octanol–water partition coefficient (Wildman–Crippen LogP) is 3.54. The zero-order valence-electron chi connectivity index (χ0n) is 15.6. The van der Waals surface area contributed by atoms with E-state index in [1.165, 1.54) is 0 Å². The van der Waals surface area contributed by atoms with Crippen LogP contribution in [-0.2, 0) is 0 Å². The summed E-state index contributed by atoms with van der Waals surface area (Å²) in [6.07, 6.45) is 2.17. The molecule has 0 amide bonds. The molecule has 2 aromatic rings. The first-order valence-corrected chi connectivity index (χ1v) is 9.70. The smallest absolute Gasteiger partial charge is 0.119 e. The number of nitrogens with zero attached hydrogens (tertiary/aromatic N) is 2. The van der Waals surface area contributed by atoms with Gasteiger partial charge in [0.25, 0.3) is 0 Å². The van der Waals surface area contributed by atoms with Crippen molar-refractivity contribution >= 4 is 0 Å². The average Bonchev–Trinajstić information content (AvgIpc) is 2.71. The van der Waals surface area contributed by atoms with Crippen LogP contribution in [0.15, 0.2) is 60.7 Å². The second kappa shape index (κ2) is 10.8. The van der Waals surface area contributed by atoms with Crippen molar-refractivity contribution in [2.24, 2.45) is 0 Å². The monoisotopic (exact) mass is 354 g/mol. The van der Waals surface area contributed by atoms with Crippen LogP contribution in [0, 0.1) is 0 Å². The van der Waals surface area contributed by atoms with Crippen molar-refractivity contribution < 1.29 is 9.47 Å². The molecule has 3 rings (SSSR count). The lowest BCUT2D eigenvalue weighted by molar-refractivity contribution is 0.120. The summed E-state index contributed by atoms with van der Waals surface area (Å²) >= 11 is 0. The molecule has 0 aromatic heterocycles. The Morgan fingerprint density at radius 1 is 0.577 bits per heavy atom. The number of benzene rings is 2. The van der Waals surface area contributed by atoms with Crippen LogP contribution >= 0.6 is 0 Å². The maximum absolute atomic E-state index is 5.77. The predicted molar refractivity (Wildman–Crippen MR) is 106 cm³/mol. The van der Waals surface area contributed by atoms with Crippen molar-refractivity contribution in [1.29, 1.82) is 0 Å². The number of hydrogen-bond donors (Lipinski definition) is 0. The van der Waals surface area contributed by atoms with E-state index in [4.69, 9.17) is 9.47 Å². The van der Waals surface area contributed by atoms with Crippen LogP contribution in [0.1, 0.15) is 12.8 Å². The highest BCUT2D eigenvalue weighted by Crippen LogP contribution is 2.10. The first kappa shape index (κ1) is 18.7. The highest BCUT2D eigenvalue weighted by atomic mass is 16.5. The van der Waals surface area contributed by atoms with E-state index in [-0.39, 0.29) is 0 Å². The van der Waals surface area contributed by atoms with Crippen LogP contribution < -0.4 is 9.47 Å². The molecule has 0 spiro atoms. The highest BCUT2D eigenvalue weighted by molar-refractivity contribution is 5.21. The Bertz CT molecular complexity index is 543. The van der Waals surface area contributed by atoms with Gasteiger partial charge < -0.3 is 19.3 Å². The van der Waals surface area contributed by atoms with E-state index in [0.29, 0.717) is 0 Å². The molecule has 0 radical (unpaired) electrons. The molecule has 0 atom stereocenters. The molecule has 0 saturated carbocycles. The summed E-state index contributed by atoms with van der Waals surface area (Å²) in [5, 5.41) is 0. The van der Waals surface area contributed by atoms with Gasteiger partial charge in [0.2, 0.25) is 0 Å². The number of para-hydroxylation sites is 2. The minimum absolute atomic E-state index is 0.793. The average molecular weight is 354 g/mol. The molecule has 4 heteroatoms. The van der Waals surface area contributed by atoms with Gasteiger partial charge in [0.15, 0.2) is 0 Å². The van der Waals surface area contributed by atoms with E-state index in [9.17, 15) is 0 Å². The summed E-state index contributed by atoms with van der Waals surface area (Å²) in [6, 6.07) is 20.1. The van der Waals surface area contributed by atoms with Crippen molar-refractivity contribution in [1.82, 2.24) is 9.80 Å². The Morgan fingerprint density at radius 2 is 0.962 bits per heavy atom. The van der Waals surface area contributed by atoms with E-state index in [1.54, 1.807) is 0 Å². The zero-order valence-corrected chi connectivity index (χ0v) is 15.6. The van der Waals surface area contributed by atoms with Gasteiger partial charge in [-0.15, -0.1) is 0 Å². The Balaban J connectivity index is 1.20. The molecule has 2 aromatic carbocycles. The third-order valence-corrected chi connectivity index (χ3v) is 4.73. The Morgan fingerprint density at radius 3 is 1.35 bits per heavy atom. The fraction of sp³-hybridized carbons (Fsp3) is 0.455. The summed E-state index contributed by atoms with van der Waals surface area (Å²) in [6.45, 7) is 8.46. The SMILES string of the molecule is c1ccc(OCCCN2CCN(CCCOc3ccccc3)CC2)cc1. The van der Waals surface area contributed by atoms with E-state index in [0.717, 1.165) is 76.8 Å². The van der Waals surface area contributed by atoms with Gasteiger partial charge in [0.05, 0.1) is 13.2 Å². The fourth-order valence-electron chi connectivity index (χ4n) is 3.23. The van der Waals surface area contributed by atoms with Crippen molar-refractivity contribution in [3.05, 3.63) is 60.7 Å². The minimum Gasteiger partial charge on any atom is -0.494 e. The number of ether oxygens (including phenoxy) is 2. The number of piperazine rings is 1. The molecular weight excluding hydrogens is 324 g/mol. The molecule has 0 unspecified atom stereocenters. The first-order valence-electron chi connectivity index (χ1n) is 9.70. The van der Waals surface area contributed by atoms with Crippen molar-refractivity contribution in [2.75, 3.05) is 52.5 Å². The molecule has 1 fully saturated rings. The van der Waals surface area contributed by atoms with E-state index in [1.807, 2.05) is 60.7 Å². The molecule has 0 N–H and O–H groups in total. The molecule has 1 saturated heterocycles. The molecule has 0 bridgehead atoms. The van der Waals surface area contributed by atoms with Crippen LogP contribution in [-0.4, -0.2) is 62.3 Å². The van der Waals surface area contributed by atoms with Gasteiger partial charge in [-0.05, 0) is 37.1 Å². The lowest BCUT2D eigenvalue weighted by Gasteiger charge is -2.34. The highest BCUT2D eigenvalue weighted by Gasteiger charge is 2.15. The van der Waals surface area contributed by atoms with Gasteiger partial charge >= 0.3 is 0 Å². The molecule has 0 aliphatic carbocycles. The third-order valence-electron chi connectivity index (χ3n) is 4.73. The lowest BCUT2D eigenvalue weighted by atomic mass is 10.2. The quantitative estimate of drug-likeness (QED) is 0.609. The van der Waals surface area contributed by atoms with Crippen LogP contribution in [0.3, 0.4) is 0 Å². The van der Waals surface area contributed by atoms with Gasteiger partial charge in [-0.25, -0.2) is 0 Å². The Hall–Kier alpha value is -2.04. The molecule has 4 nitrogen and oxygen atoms in total. The molecule has 26 heavy (non-hydrogen) atoms. The number of hydrogen-bond acceptors (Lipinski definition) is 4. The largest absolute Gasteiger partial charge is 0.494 e. The van der Waals surface area contributed by atoms with Gasteiger partial charge in [0, 0.05) is 39.3 Å². The van der Waals surface area contributed by atoms with Crippen LogP contribution in [0.2, 0.25) is 0 Å². The first-order chi connectivity index (χ1) is 12.9. The van der Waals surface area contributed by atoms with E-state index >= 15 is 0 Å². The second-order valence-corrected chi connectivity index (χ2v) is 6.71. The van der Waals surface area contributed by atoms with Gasteiger partial charge in [-0.3, -0.25) is 0 Å². The normalized spacial score (nSPS) is 15.7. The molecule has 1 aliphatic rings. The Labute approximate surface area is 157 Å². The van der Waals surface area contributed by atoms with Gasteiger partial charge in [-0.2, -0.15) is 0 Å². The molecule has 140 valence electrons. The van der Waals surface area contributed by atoms with E-state index < -0.39 is 0 Å². The maximum Gasteiger partial charge on any atom is 0.119 e. The van der Waals surface area contributed by atoms with Crippen molar-refractivity contribution in [2.45, 2.75) is 12.8 Å². The Kier molecular flexibility index (Phi) is 7.81. The maximum atomic E-state index is 5.77. The van der Waals surface area contributed by atoms with Crippen molar-refractivity contribution in [3.63, 3.8) is 0 Å². The number of rotatable bonds is 10. The van der Waals surface area contributed by atoms with Crippen LogP contribution in [0.5, 0.6) is 11.5 Å². The fourth-order valence-corrected chi connectivity index (χ4v) is 3.23. The van der Waals surface area contributed by atoms with E-state index in [2.05, 4.69) is 9.80 Å². The summed E-state index contributed by atoms with van der Waals surface area (Å²) in [4.78, 5) is 5.09. The van der Waals surface area contributed by atoms with Crippen LogP contribution in [0.4, 0.5) is 0 Å². The van der Waals surface area contributed by atoms with Crippen LogP contribution in [0.25, 0.3) is 0 Å². The zero-order chi connectivity index (χ0) is 17.9.